The van der Waals surface area contributed by atoms with E-state index in [2.05, 4.69) is 13.8 Å². The highest BCUT2D eigenvalue weighted by Crippen LogP contribution is 2.45. The minimum atomic E-state index is -0.424. The number of benzene rings is 3. The molecule has 0 spiro atoms. The standard InChI is InChI=1S/C32H41ClO6/c1-3-5-7-9-13-20-36-28(34)22-38-31-24-16-11-12-17-25(24)32(30-26(31)18-15-19-27(30)33)39-23-29(35)37-21-14-10-8-6-4-2/h11-12,15-19H,3-10,13-14,20-23H2,1-2H3. The van der Waals surface area contributed by atoms with Crippen molar-refractivity contribution in [3.63, 3.8) is 0 Å². The molecule has 3 aromatic carbocycles. The largest absolute Gasteiger partial charge is 0.481 e. The van der Waals surface area contributed by atoms with Gasteiger partial charge in [-0.05, 0) is 18.9 Å². The Bertz CT molecular complexity index is 1210. The van der Waals surface area contributed by atoms with E-state index in [1.54, 1.807) is 6.07 Å². The van der Waals surface area contributed by atoms with E-state index in [1.807, 2.05) is 36.4 Å². The minimum absolute atomic E-state index is 0.217. The lowest BCUT2D eigenvalue weighted by molar-refractivity contribution is -0.147. The van der Waals surface area contributed by atoms with Gasteiger partial charge in [-0.2, -0.15) is 0 Å². The number of hydrogen-bond acceptors (Lipinski definition) is 6. The molecule has 212 valence electrons. The first kappa shape index (κ1) is 30.6. The number of hydrogen-bond donors (Lipinski definition) is 0. The molecule has 0 saturated heterocycles. The van der Waals surface area contributed by atoms with Crippen molar-refractivity contribution >= 4 is 45.1 Å². The van der Waals surface area contributed by atoms with Crippen LogP contribution in [0.5, 0.6) is 11.5 Å². The van der Waals surface area contributed by atoms with Gasteiger partial charge < -0.3 is 18.9 Å². The van der Waals surface area contributed by atoms with E-state index >= 15 is 0 Å². The van der Waals surface area contributed by atoms with Crippen molar-refractivity contribution in [1.29, 1.82) is 0 Å². The van der Waals surface area contributed by atoms with Crippen LogP contribution in [0.4, 0.5) is 0 Å². The van der Waals surface area contributed by atoms with Crippen LogP contribution in [0, 0.1) is 0 Å². The Hall–Kier alpha value is -2.99. The van der Waals surface area contributed by atoms with Crippen LogP contribution in [0.3, 0.4) is 0 Å². The van der Waals surface area contributed by atoms with Gasteiger partial charge >= 0.3 is 11.9 Å². The molecule has 0 amide bonds. The van der Waals surface area contributed by atoms with E-state index in [9.17, 15) is 9.59 Å². The SMILES string of the molecule is CCCCCCCOC(=O)COc1c2ccccc2c(OCC(=O)OCCCCCCC)c2c(Cl)cccc12. The van der Waals surface area contributed by atoms with Gasteiger partial charge in [0.15, 0.2) is 13.2 Å². The summed E-state index contributed by atoms with van der Waals surface area (Å²) in [5, 5.41) is 3.23. The number of carbonyl (C=O) groups excluding carboxylic acids is 2. The van der Waals surface area contributed by atoms with Crippen LogP contribution in [0.2, 0.25) is 5.02 Å². The van der Waals surface area contributed by atoms with Crippen molar-refractivity contribution < 1.29 is 28.5 Å². The molecule has 7 heteroatoms. The lowest BCUT2D eigenvalue weighted by atomic mass is 10.0. The molecule has 0 N–H and O–H groups in total. The Kier molecular flexibility index (Phi) is 13.2. The Balaban J connectivity index is 1.72. The minimum Gasteiger partial charge on any atom is -0.481 e. The summed E-state index contributed by atoms with van der Waals surface area (Å²) >= 11 is 6.63. The molecule has 0 fully saturated rings. The van der Waals surface area contributed by atoms with Crippen LogP contribution >= 0.6 is 11.6 Å². The number of fused-ring (bicyclic) bond motifs is 2. The summed E-state index contributed by atoms with van der Waals surface area (Å²) in [5.41, 5.74) is 0. The molecule has 6 nitrogen and oxygen atoms in total. The average Bonchev–Trinajstić information content (AvgIpc) is 2.94. The van der Waals surface area contributed by atoms with Crippen LogP contribution in [0.1, 0.15) is 78.1 Å². The van der Waals surface area contributed by atoms with E-state index in [0.717, 1.165) is 49.3 Å². The van der Waals surface area contributed by atoms with E-state index < -0.39 is 11.9 Å². The molecule has 0 radical (unpaired) electrons. The predicted octanol–water partition coefficient (Wildman–Crippen LogP) is 8.43. The van der Waals surface area contributed by atoms with Crippen molar-refractivity contribution in [3.05, 3.63) is 47.5 Å². The molecule has 0 aliphatic carbocycles. The van der Waals surface area contributed by atoms with Crippen molar-refractivity contribution in [2.75, 3.05) is 26.4 Å². The first-order chi connectivity index (χ1) is 19.1. The van der Waals surface area contributed by atoms with Crippen LogP contribution in [0.25, 0.3) is 21.5 Å². The second kappa shape index (κ2) is 16.9. The Morgan fingerprint density at radius 1 is 0.615 bits per heavy atom. The molecular weight excluding hydrogens is 516 g/mol. The normalized spacial score (nSPS) is 11.1. The Morgan fingerprint density at radius 2 is 1.10 bits per heavy atom. The third-order valence-electron chi connectivity index (χ3n) is 6.59. The first-order valence-electron chi connectivity index (χ1n) is 14.3. The number of carbonyl (C=O) groups is 2. The number of unbranched alkanes of at least 4 members (excludes halogenated alkanes) is 8. The number of esters is 2. The summed E-state index contributed by atoms with van der Waals surface area (Å²) in [6, 6.07) is 13.0. The van der Waals surface area contributed by atoms with Crippen molar-refractivity contribution in [2.24, 2.45) is 0 Å². The molecule has 0 heterocycles. The summed E-state index contributed by atoms with van der Waals surface area (Å²) in [6.45, 7) is 4.66. The van der Waals surface area contributed by atoms with E-state index in [4.69, 9.17) is 30.5 Å². The Labute approximate surface area is 236 Å². The van der Waals surface area contributed by atoms with Crippen molar-refractivity contribution in [3.8, 4) is 11.5 Å². The van der Waals surface area contributed by atoms with E-state index in [1.165, 1.54) is 25.7 Å². The Morgan fingerprint density at radius 3 is 1.67 bits per heavy atom. The van der Waals surface area contributed by atoms with Crippen molar-refractivity contribution in [1.82, 2.24) is 0 Å². The molecule has 0 bridgehead atoms. The summed E-state index contributed by atoms with van der Waals surface area (Å²) in [4.78, 5) is 24.8. The third kappa shape index (κ3) is 9.31. The second-order valence-corrected chi connectivity index (χ2v) is 10.1. The molecule has 3 rings (SSSR count). The molecule has 0 aliphatic heterocycles. The number of halogens is 1. The van der Waals surface area contributed by atoms with E-state index in [0.29, 0.717) is 40.5 Å². The molecular formula is C32H41ClO6. The number of ether oxygens (including phenoxy) is 4. The van der Waals surface area contributed by atoms with Crippen LogP contribution in [-0.2, 0) is 19.1 Å². The zero-order valence-electron chi connectivity index (χ0n) is 23.3. The maximum absolute atomic E-state index is 12.4. The van der Waals surface area contributed by atoms with Crippen LogP contribution < -0.4 is 9.47 Å². The fraction of sp³-hybridized carbons (Fsp3) is 0.500. The molecule has 0 atom stereocenters. The quantitative estimate of drug-likeness (QED) is 0.0889. The second-order valence-electron chi connectivity index (χ2n) is 9.71. The summed E-state index contributed by atoms with van der Waals surface area (Å²) in [7, 11) is 0. The highest BCUT2D eigenvalue weighted by molar-refractivity contribution is 6.37. The summed E-state index contributed by atoms with van der Waals surface area (Å²) in [5.74, 6) is 0.160. The van der Waals surface area contributed by atoms with Gasteiger partial charge in [-0.15, -0.1) is 0 Å². The van der Waals surface area contributed by atoms with Crippen molar-refractivity contribution in [2.45, 2.75) is 78.1 Å². The summed E-state index contributed by atoms with van der Waals surface area (Å²) < 4.78 is 22.8. The fourth-order valence-corrected chi connectivity index (χ4v) is 4.80. The first-order valence-corrected chi connectivity index (χ1v) is 14.6. The topological polar surface area (TPSA) is 71.1 Å². The smallest absolute Gasteiger partial charge is 0.344 e. The summed E-state index contributed by atoms with van der Waals surface area (Å²) in [6.07, 6.45) is 10.8. The molecule has 39 heavy (non-hydrogen) atoms. The van der Waals surface area contributed by atoms with Gasteiger partial charge in [-0.3, -0.25) is 0 Å². The lowest BCUT2D eigenvalue weighted by Gasteiger charge is -2.18. The van der Waals surface area contributed by atoms with Gasteiger partial charge in [0.1, 0.15) is 11.5 Å². The lowest BCUT2D eigenvalue weighted by Crippen LogP contribution is -2.17. The molecule has 3 aromatic rings. The monoisotopic (exact) mass is 556 g/mol. The van der Waals surface area contributed by atoms with Crippen LogP contribution in [-0.4, -0.2) is 38.4 Å². The highest BCUT2D eigenvalue weighted by atomic mass is 35.5. The molecule has 0 aromatic heterocycles. The van der Waals surface area contributed by atoms with Gasteiger partial charge in [-0.25, -0.2) is 9.59 Å². The maximum atomic E-state index is 12.4. The third-order valence-corrected chi connectivity index (χ3v) is 6.91. The zero-order valence-corrected chi connectivity index (χ0v) is 24.0. The van der Waals surface area contributed by atoms with Gasteiger partial charge in [0.2, 0.25) is 0 Å². The highest BCUT2D eigenvalue weighted by Gasteiger charge is 2.20. The number of rotatable bonds is 18. The zero-order chi connectivity index (χ0) is 27.9. The van der Waals surface area contributed by atoms with Gasteiger partial charge in [0.25, 0.3) is 0 Å². The predicted molar refractivity (Wildman–Crippen MR) is 157 cm³/mol. The van der Waals surface area contributed by atoms with E-state index in [-0.39, 0.29) is 13.2 Å². The van der Waals surface area contributed by atoms with Crippen LogP contribution in [0.15, 0.2) is 42.5 Å². The van der Waals surface area contributed by atoms with Gasteiger partial charge in [0.05, 0.1) is 18.2 Å². The van der Waals surface area contributed by atoms with Gasteiger partial charge in [0, 0.05) is 21.5 Å². The maximum Gasteiger partial charge on any atom is 0.344 e. The average molecular weight is 557 g/mol. The molecule has 0 saturated carbocycles. The van der Waals surface area contributed by atoms with Gasteiger partial charge in [-0.1, -0.05) is 113 Å². The fourth-order valence-electron chi connectivity index (χ4n) is 4.54. The molecule has 0 unspecified atom stereocenters. The molecule has 0 aliphatic rings.